The van der Waals surface area contributed by atoms with E-state index in [1.54, 1.807) is 13.2 Å². The van der Waals surface area contributed by atoms with Crippen LogP contribution in [0.3, 0.4) is 0 Å². The number of nitrogens with zero attached hydrogens (tertiary/aromatic N) is 5. The van der Waals surface area contributed by atoms with Gasteiger partial charge in [-0.25, -0.2) is 4.68 Å². The number of amides is 1. The van der Waals surface area contributed by atoms with Gasteiger partial charge in [0.15, 0.2) is 0 Å². The number of piperazine rings is 1. The van der Waals surface area contributed by atoms with Gasteiger partial charge in [-0.15, -0.1) is 0 Å². The molecule has 2 aromatic carbocycles. The Morgan fingerprint density at radius 3 is 2.47 bits per heavy atom. The number of hydrogen-bond acceptors (Lipinski definition) is 5. The Labute approximate surface area is 211 Å². The normalized spacial score (nSPS) is 15.4. The summed E-state index contributed by atoms with van der Waals surface area (Å²) in [6.07, 6.45) is 3.20. The lowest BCUT2D eigenvalue weighted by Crippen LogP contribution is -2.47. The molecule has 3 heterocycles. The molecule has 4 aromatic rings. The molecule has 8 heteroatoms. The predicted octanol–water partition coefficient (Wildman–Crippen LogP) is 3.17. The molecule has 8 nitrogen and oxygen atoms in total. The van der Waals surface area contributed by atoms with Gasteiger partial charge in [0.05, 0.1) is 11.7 Å². The minimum Gasteiger partial charge on any atom is -0.369 e. The molecule has 1 aliphatic heterocycles. The third kappa shape index (κ3) is 4.60. The van der Waals surface area contributed by atoms with Crippen molar-refractivity contribution in [3.05, 3.63) is 71.1 Å². The maximum Gasteiger partial charge on any atom is 0.291 e. The first-order valence-electron chi connectivity index (χ1n) is 12.8. The first kappa shape index (κ1) is 24.1. The number of carbonyl (C=O) groups is 1. The molecule has 1 fully saturated rings. The van der Waals surface area contributed by atoms with E-state index in [4.69, 9.17) is 0 Å². The maximum atomic E-state index is 13.3. The zero-order chi connectivity index (χ0) is 25.1. The summed E-state index contributed by atoms with van der Waals surface area (Å²) in [5, 5.41) is 9.08. The Kier molecular flexibility index (Phi) is 7.04. The second-order valence-electron chi connectivity index (χ2n) is 9.46. The van der Waals surface area contributed by atoms with Crippen molar-refractivity contribution in [3.63, 3.8) is 0 Å². The van der Waals surface area contributed by atoms with Crippen molar-refractivity contribution in [2.24, 2.45) is 7.05 Å². The Bertz CT molecular complexity index is 1400. The van der Waals surface area contributed by atoms with Gasteiger partial charge < -0.3 is 14.8 Å². The topological polar surface area (TPSA) is 75.4 Å². The molecule has 36 heavy (non-hydrogen) atoms. The lowest BCUT2D eigenvalue weighted by Gasteiger charge is -2.36. The average molecular weight is 487 g/mol. The van der Waals surface area contributed by atoms with Crippen LogP contribution in [-0.2, 0) is 11.8 Å². The highest BCUT2D eigenvalue weighted by Gasteiger charge is 2.25. The smallest absolute Gasteiger partial charge is 0.291 e. The molecular formula is C28H34N6O2. The third-order valence-electron chi connectivity index (χ3n) is 7.25. The Morgan fingerprint density at radius 1 is 1.00 bits per heavy atom. The first-order valence-corrected chi connectivity index (χ1v) is 12.8. The summed E-state index contributed by atoms with van der Waals surface area (Å²) < 4.78 is 3.24. The molecule has 0 radical (unpaired) electrons. The van der Waals surface area contributed by atoms with Crippen LogP contribution in [-0.4, -0.2) is 64.4 Å². The van der Waals surface area contributed by atoms with Crippen molar-refractivity contribution in [1.82, 2.24) is 24.6 Å². The van der Waals surface area contributed by atoms with Crippen molar-refractivity contribution in [2.45, 2.75) is 25.8 Å². The van der Waals surface area contributed by atoms with Crippen LogP contribution in [0.25, 0.3) is 21.8 Å². The average Bonchev–Trinajstić information content (AvgIpc) is 3.25. The van der Waals surface area contributed by atoms with Crippen LogP contribution in [0.1, 0.15) is 25.8 Å². The van der Waals surface area contributed by atoms with E-state index in [9.17, 15) is 9.59 Å². The van der Waals surface area contributed by atoms with Gasteiger partial charge in [-0.2, -0.15) is 5.10 Å². The van der Waals surface area contributed by atoms with Crippen molar-refractivity contribution < 1.29 is 4.79 Å². The number of fused-ring (bicyclic) bond motifs is 3. The van der Waals surface area contributed by atoms with Crippen molar-refractivity contribution >= 4 is 33.4 Å². The minimum atomic E-state index is -0.461. The first-order chi connectivity index (χ1) is 17.6. The van der Waals surface area contributed by atoms with E-state index in [0.717, 1.165) is 55.4 Å². The number of hydrogen-bond donors (Lipinski definition) is 1. The summed E-state index contributed by atoms with van der Waals surface area (Å²) in [5.74, 6) is -0.0482. The molecule has 5 rings (SSSR count). The van der Waals surface area contributed by atoms with Crippen LogP contribution in [0.15, 0.2) is 65.6 Å². The zero-order valence-corrected chi connectivity index (χ0v) is 21.1. The molecule has 1 atom stereocenters. The number of anilines is 1. The van der Waals surface area contributed by atoms with E-state index < -0.39 is 6.04 Å². The lowest BCUT2D eigenvalue weighted by atomic mass is 10.2. The fourth-order valence-electron chi connectivity index (χ4n) is 5.30. The highest BCUT2D eigenvalue weighted by molar-refractivity contribution is 6.08. The van der Waals surface area contributed by atoms with Crippen molar-refractivity contribution in [1.29, 1.82) is 0 Å². The van der Waals surface area contributed by atoms with Crippen LogP contribution >= 0.6 is 0 Å². The summed E-state index contributed by atoms with van der Waals surface area (Å²) in [7, 11) is 1.64. The van der Waals surface area contributed by atoms with E-state index in [-0.39, 0.29) is 11.5 Å². The van der Waals surface area contributed by atoms with Crippen molar-refractivity contribution in [3.8, 4) is 0 Å². The zero-order valence-electron chi connectivity index (χ0n) is 21.1. The molecule has 0 saturated carbocycles. The van der Waals surface area contributed by atoms with Crippen LogP contribution in [0.4, 0.5) is 5.69 Å². The summed E-state index contributed by atoms with van der Waals surface area (Å²) in [6, 6.07) is 17.9. The maximum absolute atomic E-state index is 13.3. The van der Waals surface area contributed by atoms with E-state index in [1.165, 1.54) is 10.4 Å². The van der Waals surface area contributed by atoms with Gasteiger partial charge in [0.2, 0.25) is 5.91 Å². The van der Waals surface area contributed by atoms with Crippen LogP contribution in [0, 0.1) is 0 Å². The molecule has 1 saturated heterocycles. The summed E-state index contributed by atoms with van der Waals surface area (Å²) >= 11 is 0. The predicted molar refractivity (Wildman–Crippen MR) is 145 cm³/mol. The standard InChI is InChI=1S/C28H34N6O2/c1-3-24(34-25-13-8-7-12-22(25)23-20-30-31(2)28(36)26(23)34)27(35)29-14-9-15-32-16-18-33(19-17-32)21-10-5-4-6-11-21/h4-8,10-13,20,24H,3,9,14-19H2,1-2H3,(H,29,35)/t24-/m0/s1. The molecular weight excluding hydrogens is 452 g/mol. The van der Waals surface area contributed by atoms with E-state index in [2.05, 4.69) is 50.5 Å². The number of rotatable bonds is 8. The molecule has 1 amide bonds. The Morgan fingerprint density at radius 2 is 1.72 bits per heavy atom. The third-order valence-corrected chi connectivity index (χ3v) is 7.25. The molecule has 188 valence electrons. The molecule has 0 unspecified atom stereocenters. The molecule has 0 spiro atoms. The second-order valence-corrected chi connectivity index (χ2v) is 9.46. The molecule has 0 bridgehead atoms. The highest BCUT2D eigenvalue weighted by Crippen LogP contribution is 2.30. The number of para-hydroxylation sites is 2. The largest absolute Gasteiger partial charge is 0.369 e. The van der Waals surface area contributed by atoms with E-state index in [1.807, 2.05) is 35.8 Å². The van der Waals surface area contributed by atoms with Crippen LogP contribution in [0.2, 0.25) is 0 Å². The lowest BCUT2D eigenvalue weighted by molar-refractivity contribution is -0.124. The summed E-state index contributed by atoms with van der Waals surface area (Å²) in [6.45, 7) is 7.66. The van der Waals surface area contributed by atoms with Crippen LogP contribution in [0.5, 0.6) is 0 Å². The number of aromatic nitrogens is 3. The van der Waals surface area contributed by atoms with Gasteiger partial charge in [0.25, 0.3) is 5.56 Å². The summed E-state index contributed by atoms with van der Waals surface area (Å²) in [5.41, 5.74) is 2.51. The van der Waals surface area contributed by atoms with Gasteiger partial charge in [0.1, 0.15) is 11.6 Å². The fraction of sp³-hybridized carbons (Fsp3) is 0.393. The monoisotopic (exact) mass is 486 g/mol. The van der Waals surface area contributed by atoms with Gasteiger partial charge in [-0.05, 0) is 37.6 Å². The molecule has 2 aromatic heterocycles. The molecule has 1 aliphatic rings. The fourth-order valence-corrected chi connectivity index (χ4v) is 5.30. The van der Waals surface area contributed by atoms with E-state index in [0.29, 0.717) is 18.5 Å². The van der Waals surface area contributed by atoms with Gasteiger partial charge in [-0.1, -0.05) is 43.3 Å². The minimum absolute atomic E-state index is 0.0482. The quantitative estimate of drug-likeness (QED) is 0.387. The second kappa shape index (κ2) is 10.5. The van der Waals surface area contributed by atoms with Gasteiger partial charge in [0, 0.05) is 56.2 Å². The summed E-state index contributed by atoms with van der Waals surface area (Å²) in [4.78, 5) is 31.3. The molecule has 0 aliphatic carbocycles. The number of aryl methyl sites for hydroxylation is 1. The van der Waals surface area contributed by atoms with Gasteiger partial charge in [-0.3, -0.25) is 14.5 Å². The van der Waals surface area contributed by atoms with Gasteiger partial charge >= 0.3 is 0 Å². The Balaban J connectivity index is 1.22. The number of carbonyl (C=O) groups excluding carboxylic acids is 1. The van der Waals surface area contributed by atoms with E-state index >= 15 is 0 Å². The van der Waals surface area contributed by atoms with Crippen LogP contribution < -0.4 is 15.8 Å². The Hall–Kier alpha value is -3.65. The van der Waals surface area contributed by atoms with Crippen molar-refractivity contribution in [2.75, 3.05) is 44.2 Å². The number of nitrogens with one attached hydrogen (secondary N) is 1. The SMILES string of the molecule is CC[C@@H](C(=O)NCCCN1CCN(c2ccccc2)CC1)n1c2ccccc2c2cnn(C)c(=O)c21. The number of benzene rings is 2. The molecule has 1 N–H and O–H groups in total. The highest BCUT2D eigenvalue weighted by atomic mass is 16.2.